The quantitative estimate of drug-likeness (QED) is 0.177. The van der Waals surface area contributed by atoms with Crippen molar-refractivity contribution in [3.63, 3.8) is 0 Å². The Morgan fingerprint density at radius 3 is 2.18 bits per heavy atom. The number of unbranched alkanes of at least 4 members (excludes halogenated alkanes) is 1. The molecule has 3 unspecified atom stereocenters. The van der Waals surface area contributed by atoms with Crippen LogP contribution in [0.15, 0.2) is 30.3 Å². The Morgan fingerprint density at radius 2 is 1.64 bits per heavy atom. The smallest absolute Gasteiger partial charge is 0.305 e. The summed E-state index contributed by atoms with van der Waals surface area (Å²) in [6.45, 7) is 6.14. The first-order valence-corrected chi connectivity index (χ1v) is 11.3. The molecule has 0 fully saturated rings. The number of carboxylic acid groups (broad SMARTS) is 1. The van der Waals surface area contributed by atoms with Crippen LogP contribution in [0.5, 0.6) is 0 Å². The van der Waals surface area contributed by atoms with Crippen molar-refractivity contribution in [1.29, 1.82) is 0 Å². The number of carbonyl (C=O) groups is 5. The highest BCUT2D eigenvalue weighted by atomic mass is 16.4. The summed E-state index contributed by atoms with van der Waals surface area (Å²) >= 11 is 0. The molecule has 0 saturated carbocycles. The third-order valence-corrected chi connectivity index (χ3v) is 4.97. The van der Waals surface area contributed by atoms with E-state index in [2.05, 4.69) is 16.0 Å². The standard InChI is InChI=1S/C24H35N3O6/c1-4-5-11-25-24(33)20(13-17-9-7-6-8-10-17)27-23(32)19(12-16(2)3)22(31)26-18(15-28)14-21(29)30/h6-10,15-16,18-20H,4-5,11-14H2,1-3H3,(H,25,33)(H,26,31)(H,27,32)(H,29,30). The zero-order chi connectivity index (χ0) is 24.8. The summed E-state index contributed by atoms with van der Waals surface area (Å²) in [7, 11) is 0. The Bertz CT molecular complexity index is 797. The molecule has 0 aliphatic carbocycles. The second-order valence-electron chi connectivity index (χ2n) is 8.43. The molecule has 1 aromatic carbocycles. The summed E-state index contributed by atoms with van der Waals surface area (Å²) in [5.74, 6) is -4.20. The molecule has 0 heterocycles. The SMILES string of the molecule is CCCCNC(=O)C(Cc1ccccc1)NC(=O)C(CC(C)C)C(=O)NC(C=O)CC(=O)O. The van der Waals surface area contributed by atoms with E-state index in [0.717, 1.165) is 18.4 Å². The normalized spacial score (nSPS) is 13.5. The Labute approximate surface area is 194 Å². The molecule has 0 bridgehead atoms. The van der Waals surface area contributed by atoms with Gasteiger partial charge in [-0.2, -0.15) is 0 Å². The molecule has 0 radical (unpaired) electrons. The lowest BCUT2D eigenvalue weighted by molar-refractivity contribution is -0.140. The molecule has 0 aliphatic heterocycles. The lowest BCUT2D eigenvalue weighted by Gasteiger charge is -2.24. The van der Waals surface area contributed by atoms with E-state index in [1.165, 1.54) is 0 Å². The fourth-order valence-corrected chi connectivity index (χ4v) is 3.25. The van der Waals surface area contributed by atoms with E-state index in [1.54, 1.807) is 0 Å². The summed E-state index contributed by atoms with van der Waals surface area (Å²) in [4.78, 5) is 60.7. The molecule has 3 atom stereocenters. The van der Waals surface area contributed by atoms with Crippen LogP contribution < -0.4 is 16.0 Å². The van der Waals surface area contributed by atoms with Gasteiger partial charge in [0.1, 0.15) is 18.2 Å². The third-order valence-electron chi connectivity index (χ3n) is 4.97. The number of rotatable bonds is 15. The van der Waals surface area contributed by atoms with Crippen molar-refractivity contribution in [2.24, 2.45) is 11.8 Å². The van der Waals surface area contributed by atoms with Gasteiger partial charge in [-0.05, 0) is 24.3 Å². The first kappa shape index (κ1) is 27.8. The predicted molar refractivity (Wildman–Crippen MR) is 123 cm³/mol. The molecule has 3 amide bonds. The highest BCUT2D eigenvalue weighted by Gasteiger charge is 2.32. The van der Waals surface area contributed by atoms with Crippen molar-refractivity contribution in [3.05, 3.63) is 35.9 Å². The Morgan fingerprint density at radius 1 is 1.00 bits per heavy atom. The van der Waals surface area contributed by atoms with E-state index in [-0.39, 0.29) is 24.7 Å². The zero-order valence-electron chi connectivity index (χ0n) is 19.5. The molecule has 1 aromatic rings. The summed E-state index contributed by atoms with van der Waals surface area (Å²) in [6.07, 6.45) is 1.87. The average molecular weight is 462 g/mol. The van der Waals surface area contributed by atoms with Crippen LogP contribution in [-0.2, 0) is 30.4 Å². The van der Waals surface area contributed by atoms with E-state index in [9.17, 15) is 24.0 Å². The Kier molecular flexibility index (Phi) is 12.4. The van der Waals surface area contributed by atoms with Crippen molar-refractivity contribution >= 4 is 30.0 Å². The number of carboxylic acids is 1. The zero-order valence-corrected chi connectivity index (χ0v) is 19.5. The fourth-order valence-electron chi connectivity index (χ4n) is 3.25. The van der Waals surface area contributed by atoms with E-state index in [1.807, 2.05) is 51.1 Å². The summed E-state index contributed by atoms with van der Waals surface area (Å²) in [6, 6.07) is 7.08. The fraction of sp³-hybridized carbons (Fsp3) is 0.542. The minimum atomic E-state index is -1.25. The van der Waals surface area contributed by atoms with Crippen LogP contribution in [0.4, 0.5) is 0 Å². The number of aldehydes is 1. The van der Waals surface area contributed by atoms with Crippen molar-refractivity contribution in [2.75, 3.05) is 6.54 Å². The van der Waals surface area contributed by atoms with Crippen LogP contribution in [0.1, 0.15) is 52.0 Å². The van der Waals surface area contributed by atoms with Crippen LogP contribution in [0, 0.1) is 11.8 Å². The van der Waals surface area contributed by atoms with Crippen molar-refractivity contribution in [2.45, 2.75) is 65.0 Å². The van der Waals surface area contributed by atoms with Crippen molar-refractivity contribution in [3.8, 4) is 0 Å². The molecule has 4 N–H and O–H groups in total. The van der Waals surface area contributed by atoms with Crippen LogP contribution in [0.2, 0.25) is 0 Å². The number of hydrogen-bond acceptors (Lipinski definition) is 5. The van der Waals surface area contributed by atoms with Crippen LogP contribution in [-0.4, -0.2) is 53.7 Å². The molecule has 33 heavy (non-hydrogen) atoms. The largest absolute Gasteiger partial charge is 0.481 e. The lowest BCUT2D eigenvalue weighted by atomic mass is 9.94. The minimum Gasteiger partial charge on any atom is -0.481 e. The van der Waals surface area contributed by atoms with Crippen molar-refractivity contribution < 1.29 is 29.1 Å². The van der Waals surface area contributed by atoms with E-state index >= 15 is 0 Å². The molecule has 9 heteroatoms. The molecule has 1 rings (SSSR count). The van der Waals surface area contributed by atoms with Gasteiger partial charge >= 0.3 is 5.97 Å². The van der Waals surface area contributed by atoms with Crippen molar-refractivity contribution in [1.82, 2.24) is 16.0 Å². The van der Waals surface area contributed by atoms with Crippen LogP contribution in [0.25, 0.3) is 0 Å². The summed E-state index contributed by atoms with van der Waals surface area (Å²) in [5.41, 5.74) is 0.848. The highest BCUT2D eigenvalue weighted by Crippen LogP contribution is 2.14. The number of carbonyl (C=O) groups excluding carboxylic acids is 4. The van der Waals surface area contributed by atoms with Gasteiger partial charge in [-0.15, -0.1) is 0 Å². The Hall–Kier alpha value is -3.23. The van der Waals surface area contributed by atoms with Crippen LogP contribution >= 0.6 is 0 Å². The molecule has 182 valence electrons. The first-order chi connectivity index (χ1) is 15.7. The van der Waals surface area contributed by atoms with E-state index in [0.29, 0.717) is 12.8 Å². The van der Waals surface area contributed by atoms with Gasteiger partial charge in [0.25, 0.3) is 0 Å². The Balaban J connectivity index is 3.02. The second kappa shape index (κ2) is 14.8. The number of amides is 3. The number of aliphatic carboxylic acids is 1. The lowest BCUT2D eigenvalue weighted by Crippen LogP contribution is -2.53. The molecule has 9 nitrogen and oxygen atoms in total. The topological polar surface area (TPSA) is 142 Å². The maximum Gasteiger partial charge on any atom is 0.305 e. The second-order valence-corrected chi connectivity index (χ2v) is 8.43. The average Bonchev–Trinajstić information content (AvgIpc) is 2.76. The molecule has 0 saturated heterocycles. The van der Waals surface area contributed by atoms with Gasteiger partial charge in [0, 0.05) is 13.0 Å². The molecule has 0 aromatic heterocycles. The number of hydrogen-bond donors (Lipinski definition) is 4. The molecule has 0 aliphatic rings. The third kappa shape index (κ3) is 10.8. The van der Waals surface area contributed by atoms with Gasteiger partial charge in [-0.25, -0.2) is 0 Å². The monoisotopic (exact) mass is 461 g/mol. The maximum absolute atomic E-state index is 13.1. The highest BCUT2D eigenvalue weighted by molar-refractivity contribution is 6.02. The van der Waals surface area contributed by atoms with E-state index < -0.39 is 42.2 Å². The molecule has 0 spiro atoms. The predicted octanol–water partition coefficient (Wildman–Crippen LogP) is 1.45. The van der Waals surface area contributed by atoms with Gasteiger partial charge in [0.05, 0.1) is 12.5 Å². The molecular weight excluding hydrogens is 426 g/mol. The van der Waals surface area contributed by atoms with Gasteiger partial charge in [-0.1, -0.05) is 57.5 Å². The summed E-state index contributed by atoms with van der Waals surface area (Å²) in [5, 5.41) is 16.7. The van der Waals surface area contributed by atoms with E-state index in [4.69, 9.17) is 5.11 Å². The van der Waals surface area contributed by atoms with Crippen LogP contribution in [0.3, 0.4) is 0 Å². The first-order valence-electron chi connectivity index (χ1n) is 11.3. The van der Waals surface area contributed by atoms with Gasteiger partial charge in [0.2, 0.25) is 17.7 Å². The van der Waals surface area contributed by atoms with Gasteiger partial charge < -0.3 is 25.9 Å². The number of nitrogens with one attached hydrogen (secondary N) is 3. The van der Waals surface area contributed by atoms with Gasteiger partial charge in [-0.3, -0.25) is 19.2 Å². The minimum absolute atomic E-state index is 0.0355. The van der Waals surface area contributed by atoms with Gasteiger partial charge in [0.15, 0.2) is 0 Å². The summed E-state index contributed by atoms with van der Waals surface area (Å²) < 4.78 is 0. The molecular formula is C24H35N3O6. The number of benzene rings is 1. The maximum atomic E-state index is 13.1.